The molecule has 0 spiro atoms. The Labute approximate surface area is 191 Å². The molecule has 174 valence electrons. The van der Waals surface area contributed by atoms with Gasteiger partial charge in [0.1, 0.15) is 11.9 Å². The summed E-state index contributed by atoms with van der Waals surface area (Å²) in [5, 5.41) is 3.48. The third-order valence-electron chi connectivity index (χ3n) is 6.07. The van der Waals surface area contributed by atoms with Gasteiger partial charge in [0.15, 0.2) is 5.96 Å². The molecule has 7 nitrogen and oxygen atoms in total. The fourth-order valence-corrected chi connectivity index (χ4v) is 4.46. The van der Waals surface area contributed by atoms with Crippen LogP contribution in [0.4, 0.5) is 0 Å². The number of guanidine groups is 1. The third kappa shape index (κ3) is 6.12. The molecule has 3 heterocycles. The molecule has 0 aliphatic carbocycles. The molecule has 1 aromatic carbocycles. The van der Waals surface area contributed by atoms with Gasteiger partial charge in [-0.2, -0.15) is 0 Å². The lowest BCUT2D eigenvalue weighted by molar-refractivity contribution is -0.0817. The molecule has 2 aromatic rings. The topological polar surface area (TPSA) is 62.5 Å². The van der Waals surface area contributed by atoms with Crippen molar-refractivity contribution in [2.45, 2.75) is 51.6 Å². The van der Waals surface area contributed by atoms with Crippen LogP contribution in [-0.4, -0.2) is 67.9 Å². The quantitative estimate of drug-likeness (QED) is 0.502. The lowest BCUT2D eigenvalue weighted by atomic mass is 10.1. The fourth-order valence-electron chi connectivity index (χ4n) is 4.46. The van der Waals surface area contributed by atoms with Crippen molar-refractivity contribution in [3.05, 3.63) is 59.5 Å². The summed E-state index contributed by atoms with van der Waals surface area (Å²) >= 11 is 0. The minimum atomic E-state index is 0.123. The van der Waals surface area contributed by atoms with Crippen LogP contribution in [0.3, 0.4) is 0 Å². The number of furan rings is 1. The summed E-state index contributed by atoms with van der Waals surface area (Å²) in [4.78, 5) is 9.60. The van der Waals surface area contributed by atoms with E-state index in [1.807, 2.05) is 12.1 Å². The maximum Gasteiger partial charge on any atom is 0.194 e. The summed E-state index contributed by atoms with van der Waals surface area (Å²) < 4.78 is 17.4. The van der Waals surface area contributed by atoms with Crippen LogP contribution in [0.25, 0.3) is 0 Å². The Morgan fingerprint density at radius 2 is 1.94 bits per heavy atom. The number of rotatable bonds is 8. The number of nitrogens with one attached hydrogen (secondary N) is 1. The second-order valence-electron chi connectivity index (χ2n) is 8.60. The number of hydrogen-bond donors (Lipinski definition) is 1. The lowest BCUT2D eigenvalue weighted by Gasteiger charge is -2.37. The molecule has 2 unspecified atom stereocenters. The van der Waals surface area contributed by atoms with Crippen LogP contribution in [0.2, 0.25) is 0 Å². The molecule has 2 saturated heterocycles. The first-order valence-electron chi connectivity index (χ1n) is 11.8. The number of ether oxygens (including phenoxy) is 2. The first-order valence-corrected chi connectivity index (χ1v) is 11.8. The van der Waals surface area contributed by atoms with Gasteiger partial charge in [-0.1, -0.05) is 24.3 Å². The Hall–Kier alpha value is -2.35. The van der Waals surface area contributed by atoms with Gasteiger partial charge in [-0.05, 0) is 50.1 Å². The maximum absolute atomic E-state index is 6.03. The van der Waals surface area contributed by atoms with Crippen molar-refractivity contribution in [1.82, 2.24) is 15.1 Å². The standard InChI is InChI=1S/C25H36N4O3/c1-3-26-25(29-12-15-32-24(19-29)23-11-7-14-31-23)27-16-20-8-4-5-9-21(20)17-28(2)18-22-10-6-13-30-22/h4-6,8-10,13,23-24H,3,7,11-12,14-19H2,1-2H3,(H,26,27). The molecule has 1 aromatic heterocycles. The minimum absolute atomic E-state index is 0.123. The highest BCUT2D eigenvalue weighted by Crippen LogP contribution is 2.21. The Bertz CT molecular complexity index is 849. The average molecular weight is 441 g/mol. The van der Waals surface area contributed by atoms with Crippen LogP contribution in [-0.2, 0) is 29.1 Å². The van der Waals surface area contributed by atoms with E-state index in [1.54, 1.807) is 6.26 Å². The molecule has 0 amide bonds. The normalized spacial score (nSPS) is 22.0. The molecule has 2 aliphatic heterocycles. The van der Waals surface area contributed by atoms with Gasteiger partial charge in [-0.15, -0.1) is 0 Å². The molecular weight excluding hydrogens is 404 g/mol. The highest BCUT2D eigenvalue weighted by Gasteiger charge is 2.32. The van der Waals surface area contributed by atoms with Crippen LogP contribution in [0.15, 0.2) is 52.1 Å². The predicted octanol–water partition coefficient (Wildman–Crippen LogP) is 3.26. The van der Waals surface area contributed by atoms with Gasteiger partial charge < -0.3 is 24.1 Å². The van der Waals surface area contributed by atoms with Gasteiger partial charge in [-0.3, -0.25) is 4.90 Å². The largest absolute Gasteiger partial charge is 0.468 e. The molecule has 2 atom stereocenters. The first kappa shape index (κ1) is 22.8. The van der Waals surface area contributed by atoms with Crippen LogP contribution in [0.5, 0.6) is 0 Å². The van der Waals surface area contributed by atoms with Crippen molar-refractivity contribution in [1.29, 1.82) is 0 Å². The second-order valence-corrected chi connectivity index (χ2v) is 8.60. The van der Waals surface area contributed by atoms with Crippen LogP contribution in [0.1, 0.15) is 36.7 Å². The van der Waals surface area contributed by atoms with Crippen LogP contribution < -0.4 is 5.32 Å². The van der Waals surface area contributed by atoms with E-state index in [-0.39, 0.29) is 12.2 Å². The van der Waals surface area contributed by atoms with E-state index in [9.17, 15) is 0 Å². The number of hydrogen-bond acceptors (Lipinski definition) is 5. The summed E-state index contributed by atoms with van der Waals surface area (Å²) in [5.74, 6) is 1.93. The zero-order valence-electron chi connectivity index (χ0n) is 19.3. The molecule has 0 radical (unpaired) electrons. The lowest BCUT2D eigenvalue weighted by Crippen LogP contribution is -2.53. The molecule has 7 heteroatoms. The molecule has 2 aliphatic rings. The molecular formula is C25H36N4O3. The van der Waals surface area contributed by atoms with Crippen molar-refractivity contribution in [3.63, 3.8) is 0 Å². The molecule has 2 fully saturated rings. The molecule has 0 bridgehead atoms. The summed E-state index contributed by atoms with van der Waals surface area (Å²) in [6.45, 7) is 8.47. The fraction of sp³-hybridized carbons (Fsp3) is 0.560. The molecule has 32 heavy (non-hydrogen) atoms. The van der Waals surface area contributed by atoms with Gasteiger partial charge >= 0.3 is 0 Å². The molecule has 1 N–H and O–H groups in total. The smallest absolute Gasteiger partial charge is 0.194 e. The highest BCUT2D eigenvalue weighted by atomic mass is 16.5. The van der Waals surface area contributed by atoms with E-state index >= 15 is 0 Å². The predicted molar refractivity (Wildman–Crippen MR) is 125 cm³/mol. The van der Waals surface area contributed by atoms with E-state index in [2.05, 4.69) is 53.4 Å². The van der Waals surface area contributed by atoms with Crippen LogP contribution in [0, 0.1) is 0 Å². The zero-order valence-corrected chi connectivity index (χ0v) is 19.3. The molecule has 0 saturated carbocycles. The number of nitrogens with zero attached hydrogens (tertiary/aromatic N) is 3. The van der Waals surface area contributed by atoms with Gasteiger partial charge in [-0.25, -0.2) is 4.99 Å². The Morgan fingerprint density at radius 1 is 1.09 bits per heavy atom. The maximum atomic E-state index is 6.03. The van der Waals surface area contributed by atoms with Gasteiger partial charge in [0, 0.05) is 32.8 Å². The van der Waals surface area contributed by atoms with Crippen molar-refractivity contribution < 1.29 is 13.9 Å². The average Bonchev–Trinajstić information content (AvgIpc) is 3.52. The van der Waals surface area contributed by atoms with E-state index in [0.29, 0.717) is 13.2 Å². The van der Waals surface area contributed by atoms with E-state index in [1.165, 1.54) is 11.1 Å². The summed E-state index contributed by atoms with van der Waals surface area (Å²) in [6.07, 6.45) is 4.28. The number of morpholine rings is 1. The van der Waals surface area contributed by atoms with Gasteiger partial charge in [0.2, 0.25) is 0 Å². The Morgan fingerprint density at radius 3 is 2.69 bits per heavy atom. The van der Waals surface area contributed by atoms with Crippen molar-refractivity contribution in [3.8, 4) is 0 Å². The van der Waals surface area contributed by atoms with Crippen molar-refractivity contribution >= 4 is 5.96 Å². The van der Waals surface area contributed by atoms with Gasteiger partial charge in [0.05, 0.1) is 32.1 Å². The monoisotopic (exact) mass is 440 g/mol. The summed E-state index contributed by atoms with van der Waals surface area (Å²) in [7, 11) is 2.12. The van der Waals surface area contributed by atoms with Gasteiger partial charge in [0.25, 0.3) is 0 Å². The van der Waals surface area contributed by atoms with E-state index in [4.69, 9.17) is 18.9 Å². The van der Waals surface area contributed by atoms with E-state index < -0.39 is 0 Å². The molecule has 4 rings (SSSR count). The highest BCUT2D eigenvalue weighted by molar-refractivity contribution is 5.80. The van der Waals surface area contributed by atoms with E-state index in [0.717, 1.165) is 63.9 Å². The third-order valence-corrected chi connectivity index (χ3v) is 6.07. The van der Waals surface area contributed by atoms with Crippen LogP contribution >= 0.6 is 0 Å². The minimum Gasteiger partial charge on any atom is -0.468 e. The SMILES string of the molecule is CCNC(=NCc1ccccc1CN(C)Cc1ccco1)N1CCOC(C2CCCO2)C1. The number of benzene rings is 1. The first-order chi connectivity index (χ1) is 15.7. The Kier molecular flexibility index (Phi) is 8.20. The second kappa shape index (κ2) is 11.5. The van der Waals surface area contributed by atoms with Crippen molar-refractivity contribution in [2.24, 2.45) is 4.99 Å². The van der Waals surface area contributed by atoms with Crippen molar-refractivity contribution in [2.75, 3.05) is 39.9 Å². The Balaban J connectivity index is 1.41. The zero-order chi connectivity index (χ0) is 22.2. The summed E-state index contributed by atoms with van der Waals surface area (Å²) in [6, 6.07) is 12.5. The summed E-state index contributed by atoms with van der Waals surface area (Å²) in [5.41, 5.74) is 2.54. The number of aliphatic imine (C=N–C) groups is 1.